The minimum Gasteiger partial charge on any atom is -0.508 e. The Morgan fingerprint density at radius 1 is 0.511 bits per heavy atom. The molecule has 0 saturated heterocycles. The van der Waals surface area contributed by atoms with Gasteiger partial charge in [-0.3, -0.25) is 33.6 Å². The maximum atomic E-state index is 11.4. The second-order valence-electron chi connectivity index (χ2n) is 20.7. The van der Waals surface area contributed by atoms with E-state index in [1.165, 1.54) is 73.3 Å². The molecule has 22 nitrogen and oxygen atoms in total. The molecule has 6 aromatic carbocycles. The van der Waals surface area contributed by atoms with E-state index in [0.29, 0.717) is 13.0 Å². The summed E-state index contributed by atoms with van der Waals surface area (Å²) in [6, 6.07) is 45.6. The molecular formula is C70H90N10O12. The third-order valence-corrected chi connectivity index (χ3v) is 12.0. The highest BCUT2D eigenvalue weighted by Crippen LogP contribution is 2.19. The van der Waals surface area contributed by atoms with Crippen molar-refractivity contribution in [1.82, 2.24) is 36.2 Å². The van der Waals surface area contributed by atoms with E-state index >= 15 is 0 Å². The number of phenolic OH excluding ortho intramolecular Hbond substituents is 1. The van der Waals surface area contributed by atoms with Crippen molar-refractivity contribution in [3.05, 3.63) is 209 Å². The summed E-state index contributed by atoms with van der Waals surface area (Å²) in [5.74, 6) is -2.09. The zero-order valence-corrected chi connectivity index (χ0v) is 53.7. The maximum absolute atomic E-state index is 11.4. The molecule has 92 heavy (non-hydrogen) atoms. The maximum Gasteiger partial charge on any atom is 0.328 e. The number of ether oxygens (including phenoxy) is 1. The fraction of sp³-hybridized carbons (Fsp3) is 0.286. The van der Waals surface area contributed by atoms with Crippen molar-refractivity contribution in [3.63, 3.8) is 0 Å². The van der Waals surface area contributed by atoms with E-state index in [1.54, 1.807) is 30.9 Å². The van der Waals surface area contributed by atoms with Gasteiger partial charge in [0.1, 0.15) is 17.8 Å². The van der Waals surface area contributed by atoms with Gasteiger partial charge in [0.25, 0.3) is 0 Å². The van der Waals surface area contributed by atoms with Crippen LogP contribution < -0.4 is 37.2 Å². The average molecular weight is 1260 g/mol. The highest BCUT2D eigenvalue weighted by molar-refractivity contribution is 5.90. The number of H-pyrrole nitrogens is 2. The van der Waals surface area contributed by atoms with Crippen LogP contribution in [0.2, 0.25) is 0 Å². The number of carboxylic acids is 1. The lowest BCUT2D eigenvalue weighted by Crippen LogP contribution is -2.41. The van der Waals surface area contributed by atoms with E-state index in [1.807, 2.05) is 155 Å². The number of nitrogens with zero attached hydrogens (tertiary/aromatic N) is 1. The normalized spacial score (nSPS) is 10.6. The molecule has 2 heterocycles. The minimum atomic E-state index is -1.03. The number of hydrogen-bond acceptors (Lipinski definition) is 12. The summed E-state index contributed by atoms with van der Waals surface area (Å²) in [6.45, 7) is 18.8. The summed E-state index contributed by atoms with van der Waals surface area (Å²) < 4.78 is 4.61. The van der Waals surface area contributed by atoms with Crippen LogP contribution >= 0.6 is 0 Å². The molecule has 22 heteroatoms. The third kappa shape index (κ3) is 36.4. The summed E-state index contributed by atoms with van der Waals surface area (Å²) in [5, 5.41) is 37.8. The molecule has 0 aliphatic rings. The minimum absolute atomic E-state index is 0. The number of amides is 7. The predicted octanol–water partition coefficient (Wildman–Crippen LogP) is 10.2. The Hall–Kier alpha value is -10.9. The number of para-hydroxylation sites is 1. The second kappa shape index (κ2) is 43.7. The zero-order chi connectivity index (χ0) is 67.8. The van der Waals surface area contributed by atoms with Gasteiger partial charge in [0, 0.05) is 126 Å². The second-order valence-corrected chi connectivity index (χ2v) is 20.7. The summed E-state index contributed by atoms with van der Waals surface area (Å²) in [6.07, 6.45) is 6.56. The van der Waals surface area contributed by atoms with Crippen LogP contribution in [0.1, 0.15) is 102 Å². The Kier molecular flexibility index (Phi) is 37.6. The van der Waals surface area contributed by atoms with Crippen LogP contribution in [0.3, 0.4) is 0 Å². The molecule has 0 radical (unpaired) electrons. The molecule has 492 valence electrons. The Morgan fingerprint density at radius 2 is 1.02 bits per heavy atom. The molecule has 7 amide bonds. The van der Waals surface area contributed by atoms with Crippen LogP contribution in [0, 0.1) is 20.8 Å². The third-order valence-electron chi connectivity index (χ3n) is 12.0. The number of aromatic hydroxyl groups is 1. The first-order valence-corrected chi connectivity index (χ1v) is 28.9. The first-order valence-electron chi connectivity index (χ1n) is 28.9. The van der Waals surface area contributed by atoms with Gasteiger partial charge in [-0.25, -0.2) is 14.6 Å². The van der Waals surface area contributed by atoms with Gasteiger partial charge >= 0.3 is 11.9 Å². The van der Waals surface area contributed by atoms with Gasteiger partial charge in [0.2, 0.25) is 41.4 Å². The number of hydrogen-bond donors (Lipinski definition) is 11. The van der Waals surface area contributed by atoms with Crippen molar-refractivity contribution < 1.29 is 58.1 Å². The number of benzene rings is 6. The lowest BCUT2D eigenvalue weighted by Gasteiger charge is -2.15. The number of nitrogens with one attached hydrogen (secondary N) is 9. The average Bonchev–Trinajstić information content (AvgIpc) is 1.89. The number of aromatic amines is 2. The molecule has 8 rings (SSSR count). The number of phenols is 1. The molecule has 0 fully saturated rings. The molecule has 8 aromatic rings. The van der Waals surface area contributed by atoms with E-state index < -0.39 is 24.0 Å². The lowest BCUT2D eigenvalue weighted by molar-refractivity contribution is -0.144. The first-order chi connectivity index (χ1) is 43.1. The van der Waals surface area contributed by atoms with E-state index in [2.05, 4.69) is 56.9 Å². The van der Waals surface area contributed by atoms with Gasteiger partial charge in [-0.05, 0) is 110 Å². The van der Waals surface area contributed by atoms with Gasteiger partial charge in [0.15, 0.2) is 0 Å². The first kappa shape index (κ1) is 79.1. The largest absolute Gasteiger partial charge is 0.508 e. The highest BCUT2D eigenvalue weighted by Gasteiger charge is 2.21. The number of methoxy groups -OCH3 is 1. The number of carboxylic acid groups (broad SMARTS) is 1. The van der Waals surface area contributed by atoms with Gasteiger partial charge in [0.05, 0.1) is 13.4 Å². The zero-order valence-electron chi connectivity index (χ0n) is 53.7. The number of aromatic nitrogens is 3. The van der Waals surface area contributed by atoms with Crippen molar-refractivity contribution in [1.29, 1.82) is 0 Å². The number of aliphatic carboxylic acids is 1. The van der Waals surface area contributed by atoms with Crippen molar-refractivity contribution in [2.75, 3.05) is 23.1 Å². The molecule has 0 spiro atoms. The van der Waals surface area contributed by atoms with E-state index in [9.17, 15) is 43.2 Å². The van der Waals surface area contributed by atoms with E-state index in [-0.39, 0.29) is 67.0 Å². The van der Waals surface area contributed by atoms with Crippen LogP contribution in [-0.2, 0) is 73.7 Å². The molecule has 3 unspecified atom stereocenters. The Labute approximate surface area is 539 Å². The predicted molar refractivity (Wildman–Crippen MR) is 361 cm³/mol. The fourth-order valence-corrected chi connectivity index (χ4v) is 8.05. The van der Waals surface area contributed by atoms with Crippen molar-refractivity contribution in [2.45, 2.75) is 128 Å². The molecule has 2 aromatic heterocycles. The Morgan fingerprint density at radius 3 is 1.49 bits per heavy atom. The van der Waals surface area contributed by atoms with Crippen LogP contribution in [0.25, 0.3) is 10.9 Å². The molecule has 3 atom stereocenters. The number of anilines is 3. The van der Waals surface area contributed by atoms with Crippen LogP contribution in [0.15, 0.2) is 170 Å². The van der Waals surface area contributed by atoms with Crippen molar-refractivity contribution >= 4 is 81.3 Å². The van der Waals surface area contributed by atoms with E-state index in [0.717, 1.165) is 67.9 Å². The Balaban J connectivity index is 0.000000541. The molecule has 0 aliphatic heterocycles. The van der Waals surface area contributed by atoms with Gasteiger partial charge in [-0.15, -0.1) is 0 Å². The van der Waals surface area contributed by atoms with Crippen molar-refractivity contribution in [2.24, 2.45) is 0 Å². The molecule has 0 saturated carbocycles. The van der Waals surface area contributed by atoms with E-state index in [4.69, 9.17) is 10.2 Å². The molecule has 0 aliphatic carbocycles. The highest BCUT2D eigenvalue weighted by atomic mass is 16.5. The quantitative estimate of drug-likeness (QED) is 0.0402. The van der Waals surface area contributed by atoms with Crippen LogP contribution in [-0.4, -0.2) is 104 Å². The molecular weight excluding hydrogens is 1170 g/mol. The Bertz CT molecular complexity index is 3480. The number of imidazole rings is 1. The smallest absolute Gasteiger partial charge is 0.328 e. The van der Waals surface area contributed by atoms with Gasteiger partial charge in [-0.1, -0.05) is 110 Å². The summed E-state index contributed by atoms with van der Waals surface area (Å²) in [7, 11) is 1.27. The summed E-state index contributed by atoms with van der Waals surface area (Å²) >= 11 is 0. The number of carbonyl (C=O) groups excluding carboxylic acids is 8. The van der Waals surface area contributed by atoms with Crippen LogP contribution in [0.4, 0.5) is 17.1 Å². The van der Waals surface area contributed by atoms with Crippen molar-refractivity contribution in [3.8, 4) is 5.75 Å². The number of carbonyl (C=O) groups is 9. The number of rotatable bonds is 16. The molecule has 0 bridgehead atoms. The lowest BCUT2D eigenvalue weighted by atomic mass is 10.1. The van der Waals surface area contributed by atoms with Gasteiger partial charge in [-0.2, -0.15) is 0 Å². The monoisotopic (exact) mass is 1260 g/mol. The van der Waals surface area contributed by atoms with Gasteiger partial charge < -0.3 is 62.1 Å². The number of fused-ring (bicyclic) bond motifs is 1. The fourth-order valence-electron chi connectivity index (χ4n) is 8.05. The number of aryl methyl sites for hydroxylation is 3. The SMILES string of the molecule is C.CC(=O)NC(C)Cc1cnc[nH]1.CC(=O)NC(Cc1c[nH]c2ccccc12)C(=O)O.CC(=O)NCc1ccccc1.CC(=O)Nc1ccc(C)cc1.CC(=O)Nc1cccc(C)c1.CC(=O)Nc1cccc(C)c1.COC(=O)C(Cc1ccc(O)cc1)NC(C)=O. The molecule has 11 N–H and O–H groups in total. The number of esters is 1. The summed E-state index contributed by atoms with van der Waals surface area (Å²) in [5.41, 5.74) is 10.9. The summed E-state index contributed by atoms with van der Waals surface area (Å²) in [4.78, 5) is 107. The topological polar surface area (TPSA) is 332 Å². The van der Waals surface area contributed by atoms with Crippen LogP contribution in [0.5, 0.6) is 5.75 Å². The standard InChI is InChI=1S/C13H14N2O3.C12H15NO4.4C9H11NO.C8H13N3O.CH4/c1-8(16)15-12(13(17)18)6-9-7-14-11-5-3-2-4-10(9)11;1-8(14)13-11(12(16)17-2)7-9-3-5-10(15)6-4-9;1-7-3-5-9(6-4-7)10-8(2)11;2*1-7-4-3-5-9(6-7)10-8(2)11;1-8(11)10-7-9-5-3-2-4-6-9;1-6(11-7(2)12)3-8-4-9-5-10-8;/h2-5,7,12,14H,6H2,1H3,(H,15,16)(H,17,18);3-6,11,15H,7H2,1-2H3,(H,13,14);3*3-6H,1-2H3,(H,10,11);2-6H,7H2,1H3,(H,10,11);4-6H,3H2,1-2H3,(H,9,10)(H,11,12);1H4.